The van der Waals surface area contributed by atoms with Crippen LogP contribution in [0.15, 0.2) is 98.4 Å². The van der Waals surface area contributed by atoms with Crippen LogP contribution in [0, 0.1) is 45.9 Å². The van der Waals surface area contributed by atoms with Crippen LogP contribution in [-0.2, 0) is 0 Å². The van der Waals surface area contributed by atoms with E-state index in [0.717, 1.165) is 12.4 Å². The number of nitrogens with one attached hydrogen (secondary N) is 2. The highest BCUT2D eigenvalue weighted by Gasteiger charge is 2.22. The summed E-state index contributed by atoms with van der Waals surface area (Å²) >= 11 is 0. The summed E-state index contributed by atoms with van der Waals surface area (Å²) in [6, 6.07) is 14.3. The Kier molecular flexibility index (Phi) is 11.3. The van der Waals surface area contributed by atoms with Crippen LogP contribution in [0.4, 0.5) is 40.8 Å². The fraction of sp³-hybridized carbons (Fsp3) is 0.0952. The zero-order valence-electron chi connectivity index (χ0n) is 31.5. The van der Waals surface area contributed by atoms with Crippen molar-refractivity contribution in [2.24, 2.45) is 0 Å². The molecule has 296 valence electrons. The van der Waals surface area contributed by atoms with Crippen molar-refractivity contribution in [3.8, 4) is 34.4 Å². The first-order valence-electron chi connectivity index (χ1n) is 17.9. The SMILES string of the molecule is C[C@@H](Nc1ncnc(N)c1C#N)c1cnc2cc(F)ccc2c1-c1cncc(F)c1.C[C@H](Nc1ncnc(N)c1C#N)c1cnc2cc(F)ccc2c1-c1cncc(F)c1. The summed E-state index contributed by atoms with van der Waals surface area (Å²) in [4.78, 5) is 32.4. The van der Waals surface area contributed by atoms with Crippen LogP contribution in [-0.4, -0.2) is 39.9 Å². The fourth-order valence-electron chi connectivity index (χ4n) is 6.57. The summed E-state index contributed by atoms with van der Waals surface area (Å²) in [5, 5.41) is 26.3. The summed E-state index contributed by atoms with van der Waals surface area (Å²) in [5.41, 5.74) is 16.3. The Labute approximate surface area is 338 Å². The molecule has 0 saturated heterocycles. The predicted molar refractivity (Wildman–Crippen MR) is 216 cm³/mol. The molecule has 0 aliphatic heterocycles. The number of hydrogen-bond acceptors (Lipinski definition) is 14. The van der Waals surface area contributed by atoms with Crippen molar-refractivity contribution >= 4 is 45.1 Å². The molecule has 0 fully saturated rings. The molecule has 60 heavy (non-hydrogen) atoms. The minimum atomic E-state index is -0.499. The van der Waals surface area contributed by atoms with E-state index >= 15 is 0 Å². The zero-order chi connectivity index (χ0) is 42.5. The van der Waals surface area contributed by atoms with Gasteiger partial charge in [-0.15, -0.1) is 0 Å². The lowest BCUT2D eigenvalue weighted by Crippen LogP contribution is -2.13. The maximum absolute atomic E-state index is 13.9. The normalized spacial score (nSPS) is 11.8. The van der Waals surface area contributed by atoms with Crippen LogP contribution < -0.4 is 22.1 Å². The second-order valence-corrected chi connectivity index (χ2v) is 13.2. The first kappa shape index (κ1) is 39.8. The number of anilines is 4. The van der Waals surface area contributed by atoms with Gasteiger partial charge in [0.15, 0.2) is 0 Å². The summed E-state index contributed by atoms with van der Waals surface area (Å²) in [7, 11) is 0. The van der Waals surface area contributed by atoms with Gasteiger partial charge >= 0.3 is 0 Å². The Hall–Kier alpha value is -8.38. The third-order valence-corrected chi connectivity index (χ3v) is 9.32. The highest BCUT2D eigenvalue weighted by atomic mass is 19.1. The second kappa shape index (κ2) is 17.0. The van der Waals surface area contributed by atoms with Crippen molar-refractivity contribution in [2.75, 3.05) is 22.1 Å². The molecule has 2 atom stereocenters. The molecular formula is C42H30F4N14. The van der Waals surface area contributed by atoms with Crippen molar-refractivity contribution in [1.29, 1.82) is 10.5 Å². The molecule has 18 heteroatoms. The van der Waals surface area contributed by atoms with Crippen LogP contribution >= 0.6 is 0 Å². The van der Waals surface area contributed by atoms with Crippen LogP contribution in [0.25, 0.3) is 44.1 Å². The molecule has 14 nitrogen and oxygen atoms in total. The van der Waals surface area contributed by atoms with E-state index in [1.54, 1.807) is 24.5 Å². The molecule has 6 heterocycles. The van der Waals surface area contributed by atoms with Crippen LogP contribution in [0.2, 0.25) is 0 Å². The van der Waals surface area contributed by atoms with Crippen molar-refractivity contribution in [1.82, 2.24) is 39.9 Å². The number of pyridine rings is 4. The molecule has 6 aromatic heterocycles. The average Bonchev–Trinajstić information content (AvgIpc) is 3.23. The van der Waals surface area contributed by atoms with Crippen molar-refractivity contribution in [3.05, 3.63) is 144 Å². The van der Waals surface area contributed by atoms with Gasteiger partial charge in [-0.1, -0.05) is 0 Å². The topological polar surface area (TPSA) is 227 Å². The van der Waals surface area contributed by atoms with Crippen molar-refractivity contribution < 1.29 is 17.6 Å². The van der Waals surface area contributed by atoms with E-state index in [4.69, 9.17) is 11.5 Å². The van der Waals surface area contributed by atoms with E-state index in [1.807, 2.05) is 26.0 Å². The second-order valence-electron chi connectivity index (χ2n) is 13.2. The van der Waals surface area contributed by atoms with Gasteiger partial charge in [-0.05, 0) is 61.4 Å². The van der Waals surface area contributed by atoms with Crippen molar-refractivity contribution in [2.45, 2.75) is 25.9 Å². The molecule has 0 aliphatic rings. The number of aromatic nitrogens is 8. The minimum absolute atomic E-state index is 0.0591. The third kappa shape index (κ3) is 8.20. The molecule has 0 aliphatic carbocycles. The molecule has 6 N–H and O–H groups in total. The molecule has 0 unspecified atom stereocenters. The molecule has 8 aromatic rings. The van der Waals surface area contributed by atoms with E-state index in [9.17, 15) is 28.1 Å². The summed E-state index contributed by atoms with van der Waals surface area (Å²) < 4.78 is 55.3. The number of nitrogens with zero attached hydrogens (tertiary/aromatic N) is 10. The molecule has 0 radical (unpaired) electrons. The number of nitrogens with two attached hydrogens (primary N) is 2. The Morgan fingerprint density at radius 2 is 0.950 bits per heavy atom. The summed E-state index contributed by atoms with van der Waals surface area (Å²) in [5.74, 6) is -1.20. The number of rotatable bonds is 8. The van der Waals surface area contributed by atoms with E-state index in [-0.39, 0.29) is 34.4 Å². The van der Waals surface area contributed by atoms with Gasteiger partial charge in [0.1, 0.15) is 82.5 Å². The number of fused-ring (bicyclic) bond motifs is 2. The Morgan fingerprint density at radius 1 is 0.533 bits per heavy atom. The van der Waals surface area contributed by atoms with E-state index < -0.39 is 35.4 Å². The number of hydrogen-bond donors (Lipinski definition) is 4. The lowest BCUT2D eigenvalue weighted by Gasteiger charge is -2.20. The first-order valence-corrected chi connectivity index (χ1v) is 17.9. The highest BCUT2D eigenvalue weighted by molar-refractivity contribution is 5.97. The lowest BCUT2D eigenvalue weighted by molar-refractivity contribution is 0.621. The van der Waals surface area contributed by atoms with Gasteiger partial charge in [-0.2, -0.15) is 10.5 Å². The third-order valence-electron chi connectivity index (χ3n) is 9.32. The van der Waals surface area contributed by atoms with Crippen LogP contribution in [0.5, 0.6) is 0 Å². The molecule has 8 rings (SSSR count). The van der Waals surface area contributed by atoms with E-state index in [0.29, 0.717) is 55.2 Å². The Morgan fingerprint density at radius 3 is 1.33 bits per heavy atom. The van der Waals surface area contributed by atoms with Gasteiger partial charge in [-0.25, -0.2) is 37.5 Å². The van der Waals surface area contributed by atoms with Gasteiger partial charge in [0, 0.05) is 69.9 Å². The number of nitriles is 2. The highest BCUT2D eigenvalue weighted by Crippen LogP contribution is 2.38. The lowest BCUT2D eigenvalue weighted by atomic mass is 9.94. The molecule has 2 aromatic carbocycles. The van der Waals surface area contributed by atoms with E-state index in [1.165, 1.54) is 61.4 Å². The smallest absolute Gasteiger partial charge is 0.150 e. The molecule has 0 bridgehead atoms. The number of halogens is 4. The molecule has 0 spiro atoms. The Bertz CT molecular complexity index is 2800. The summed E-state index contributed by atoms with van der Waals surface area (Å²) in [6.45, 7) is 3.67. The zero-order valence-corrected chi connectivity index (χ0v) is 31.5. The number of benzene rings is 2. The van der Waals surface area contributed by atoms with Gasteiger partial charge < -0.3 is 22.1 Å². The van der Waals surface area contributed by atoms with Crippen molar-refractivity contribution in [3.63, 3.8) is 0 Å². The average molecular weight is 807 g/mol. The minimum Gasteiger partial charge on any atom is -0.382 e. The standard InChI is InChI=1S/2C21H15F2N7/c2*1-11(30-21-16(6-24)20(25)28-10-29-21)17-9-27-18-5-13(22)2-3-15(18)19(17)12-4-14(23)8-26-7-12/h2*2-5,7-11H,1H3,(H3,25,28,29,30)/t2*11-/m10/s1. The molecule has 0 saturated carbocycles. The van der Waals surface area contributed by atoms with E-state index in [2.05, 4.69) is 50.5 Å². The Balaban J connectivity index is 0.000000181. The monoisotopic (exact) mass is 806 g/mol. The van der Waals surface area contributed by atoms with Gasteiger partial charge in [0.25, 0.3) is 0 Å². The molecular weight excluding hydrogens is 777 g/mol. The fourth-order valence-corrected chi connectivity index (χ4v) is 6.57. The largest absolute Gasteiger partial charge is 0.382 e. The predicted octanol–water partition coefficient (Wildman–Crippen LogP) is 7.98. The maximum Gasteiger partial charge on any atom is 0.150 e. The van der Waals surface area contributed by atoms with Gasteiger partial charge in [0.2, 0.25) is 0 Å². The van der Waals surface area contributed by atoms with Gasteiger partial charge in [-0.3, -0.25) is 19.9 Å². The van der Waals surface area contributed by atoms with Crippen LogP contribution in [0.3, 0.4) is 0 Å². The summed E-state index contributed by atoms with van der Waals surface area (Å²) in [6.07, 6.45) is 10.9. The first-order chi connectivity index (χ1) is 28.9. The number of nitrogen functional groups attached to an aromatic ring is 2. The van der Waals surface area contributed by atoms with Gasteiger partial charge in [0.05, 0.1) is 35.5 Å². The maximum atomic E-state index is 13.9. The van der Waals surface area contributed by atoms with Crippen LogP contribution in [0.1, 0.15) is 48.2 Å². The quantitative estimate of drug-likeness (QED) is 0.107. The molecule has 0 amide bonds.